The summed E-state index contributed by atoms with van der Waals surface area (Å²) in [5.74, 6) is 6.50. The van der Waals surface area contributed by atoms with E-state index in [0.29, 0.717) is 28.8 Å². The Morgan fingerprint density at radius 3 is 2.11 bits per heavy atom. The van der Waals surface area contributed by atoms with Crippen LogP contribution in [0.1, 0.15) is 152 Å². The van der Waals surface area contributed by atoms with Gasteiger partial charge < -0.3 is 9.16 Å². The van der Waals surface area contributed by atoms with E-state index in [4.69, 9.17) is 9.16 Å². The van der Waals surface area contributed by atoms with Crippen LogP contribution in [-0.2, 0) is 14.0 Å². The highest BCUT2D eigenvalue weighted by atomic mass is 28.4. The van der Waals surface area contributed by atoms with Crippen molar-refractivity contribution in [3.05, 3.63) is 0 Å². The minimum atomic E-state index is -1.83. The molecule has 44 heavy (non-hydrogen) atoms. The predicted octanol–water partition coefficient (Wildman–Crippen LogP) is 11.5. The SMILES string of the molecule is COC(=O)C1(C[C@H]2C[C@@H]3[C@H](CC[C@]4(C)[C@@H]([C@H](C)CCCC(C)C)CC[C@@H]34)[C@@]3(C)CC[C@H](O[Si](C)(C)C(C)(C)C)C[C@@H]23)CCC1. The van der Waals surface area contributed by atoms with Crippen molar-refractivity contribution in [3.63, 3.8) is 0 Å². The number of hydrogen-bond donors (Lipinski definition) is 0. The molecule has 0 amide bonds. The molecule has 3 nitrogen and oxygen atoms in total. The molecule has 5 aliphatic carbocycles. The molecule has 0 saturated heterocycles. The predicted molar refractivity (Wildman–Crippen MR) is 187 cm³/mol. The third kappa shape index (κ3) is 6.16. The summed E-state index contributed by atoms with van der Waals surface area (Å²) in [6.07, 6.45) is 19.8. The minimum absolute atomic E-state index is 0.0853. The van der Waals surface area contributed by atoms with Crippen LogP contribution in [-0.4, -0.2) is 27.5 Å². The number of esters is 1. The third-order valence-electron chi connectivity index (χ3n) is 15.8. The normalized spacial score (nSPS) is 40.9. The fourth-order valence-corrected chi connectivity index (χ4v) is 13.6. The highest BCUT2D eigenvalue weighted by Crippen LogP contribution is 2.70. The third-order valence-corrected chi connectivity index (χ3v) is 20.4. The van der Waals surface area contributed by atoms with E-state index in [2.05, 4.69) is 68.5 Å². The fourth-order valence-electron chi connectivity index (χ4n) is 12.2. The van der Waals surface area contributed by atoms with Crippen molar-refractivity contribution in [1.82, 2.24) is 0 Å². The molecule has 0 aliphatic heterocycles. The van der Waals surface area contributed by atoms with E-state index in [1.165, 1.54) is 77.0 Å². The molecule has 0 aromatic heterocycles. The summed E-state index contributed by atoms with van der Waals surface area (Å²) in [5.41, 5.74) is 0.664. The average molecular weight is 629 g/mol. The van der Waals surface area contributed by atoms with E-state index >= 15 is 0 Å². The zero-order chi connectivity index (χ0) is 32.3. The van der Waals surface area contributed by atoms with Crippen molar-refractivity contribution in [1.29, 1.82) is 0 Å². The highest BCUT2D eigenvalue weighted by Gasteiger charge is 2.64. The van der Waals surface area contributed by atoms with Gasteiger partial charge in [0.1, 0.15) is 0 Å². The maximum atomic E-state index is 13.3. The van der Waals surface area contributed by atoms with Crippen LogP contribution in [0.3, 0.4) is 0 Å². The van der Waals surface area contributed by atoms with Crippen LogP contribution in [0.5, 0.6) is 0 Å². The molecule has 254 valence electrons. The van der Waals surface area contributed by atoms with Crippen LogP contribution >= 0.6 is 0 Å². The van der Waals surface area contributed by atoms with Crippen molar-refractivity contribution >= 4 is 14.3 Å². The lowest BCUT2D eigenvalue weighted by Crippen LogP contribution is -2.58. The van der Waals surface area contributed by atoms with E-state index in [1.54, 1.807) is 7.11 Å². The molecule has 10 atom stereocenters. The van der Waals surface area contributed by atoms with Gasteiger partial charge in [0.15, 0.2) is 8.32 Å². The van der Waals surface area contributed by atoms with Crippen LogP contribution in [0.4, 0.5) is 0 Å². The Labute approximate surface area is 274 Å². The van der Waals surface area contributed by atoms with Crippen molar-refractivity contribution < 1.29 is 14.0 Å². The van der Waals surface area contributed by atoms with Crippen LogP contribution in [0.25, 0.3) is 0 Å². The van der Waals surface area contributed by atoms with Crippen molar-refractivity contribution in [2.24, 2.45) is 63.6 Å². The van der Waals surface area contributed by atoms with Gasteiger partial charge in [0.2, 0.25) is 0 Å². The topological polar surface area (TPSA) is 35.5 Å². The average Bonchev–Trinajstić information content (AvgIpc) is 3.27. The summed E-state index contributed by atoms with van der Waals surface area (Å²) in [6.45, 7) is 24.9. The molecule has 0 bridgehead atoms. The maximum absolute atomic E-state index is 13.3. The van der Waals surface area contributed by atoms with E-state index in [-0.39, 0.29) is 16.4 Å². The van der Waals surface area contributed by atoms with Crippen molar-refractivity contribution in [2.75, 3.05) is 7.11 Å². The quantitative estimate of drug-likeness (QED) is 0.178. The summed E-state index contributed by atoms with van der Waals surface area (Å²) in [4.78, 5) is 13.3. The molecule has 0 spiro atoms. The molecule has 0 unspecified atom stereocenters. The Balaban J connectivity index is 1.41. The molecular weight excluding hydrogens is 557 g/mol. The number of ether oxygens (including phenoxy) is 1. The van der Waals surface area contributed by atoms with Gasteiger partial charge in [0, 0.05) is 6.10 Å². The van der Waals surface area contributed by atoms with Gasteiger partial charge >= 0.3 is 5.97 Å². The molecule has 0 aromatic carbocycles. The molecule has 5 aliphatic rings. The van der Waals surface area contributed by atoms with Crippen LogP contribution in [0, 0.1) is 63.6 Å². The van der Waals surface area contributed by atoms with Gasteiger partial charge in [-0.15, -0.1) is 0 Å². The molecule has 0 aromatic rings. The number of rotatable bonds is 10. The largest absolute Gasteiger partial charge is 0.469 e. The first-order valence-electron chi connectivity index (χ1n) is 19.2. The first-order chi connectivity index (χ1) is 20.5. The molecular formula is C40H72O3Si. The Hall–Kier alpha value is -0.353. The van der Waals surface area contributed by atoms with Gasteiger partial charge in [0.25, 0.3) is 0 Å². The maximum Gasteiger partial charge on any atom is 0.311 e. The van der Waals surface area contributed by atoms with E-state index in [1.807, 2.05) is 0 Å². The van der Waals surface area contributed by atoms with Gasteiger partial charge in [-0.25, -0.2) is 0 Å². The highest BCUT2D eigenvalue weighted by molar-refractivity contribution is 6.74. The van der Waals surface area contributed by atoms with Crippen molar-refractivity contribution in [3.8, 4) is 0 Å². The Kier molecular flexibility index (Phi) is 10.0. The smallest absolute Gasteiger partial charge is 0.311 e. The Morgan fingerprint density at radius 1 is 0.864 bits per heavy atom. The number of hydrogen-bond acceptors (Lipinski definition) is 3. The monoisotopic (exact) mass is 629 g/mol. The summed E-state index contributed by atoms with van der Waals surface area (Å²) >= 11 is 0. The van der Waals surface area contributed by atoms with Crippen LogP contribution in [0.2, 0.25) is 18.1 Å². The molecule has 0 radical (unpaired) electrons. The summed E-state index contributed by atoms with van der Waals surface area (Å²) < 4.78 is 12.7. The molecule has 0 N–H and O–H groups in total. The molecule has 5 rings (SSSR count). The molecule has 5 fully saturated rings. The van der Waals surface area contributed by atoms with Gasteiger partial charge in [-0.3, -0.25) is 4.79 Å². The zero-order valence-corrected chi connectivity index (χ0v) is 32.0. The zero-order valence-electron chi connectivity index (χ0n) is 31.0. The number of carbonyl (C=O) groups excluding carboxylic acids is 1. The molecule has 5 saturated carbocycles. The van der Waals surface area contributed by atoms with E-state index in [0.717, 1.165) is 54.8 Å². The van der Waals surface area contributed by atoms with Crippen molar-refractivity contribution in [2.45, 2.75) is 176 Å². The first-order valence-corrected chi connectivity index (χ1v) is 22.1. The first kappa shape index (κ1) is 35.0. The Bertz CT molecular complexity index is 1010. The summed E-state index contributed by atoms with van der Waals surface area (Å²) in [7, 11) is -0.207. The van der Waals surface area contributed by atoms with Crippen LogP contribution in [0.15, 0.2) is 0 Å². The van der Waals surface area contributed by atoms with Gasteiger partial charge in [-0.2, -0.15) is 0 Å². The van der Waals surface area contributed by atoms with E-state index < -0.39 is 8.32 Å². The number of methoxy groups -OCH3 is 1. The van der Waals surface area contributed by atoms with E-state index in [9.17, 15) is 4.79 Å². The minimum Gasteiger partial charge on any atom is -0.469 e. The second-order valence-corrected chi connectivity index (χ2v) is 24.4. The van der Waals surface area contributed by atoms with Gasteiger partial charge in [-0.1, -0.05) is 81.1 Å². The number of carbonyl (C=O) groups is 1. The number of fused-ring (bicyclic) bond motifs is 5. The van der Waals surface area contributed by atoms with Gasteiger partial charge in [-0.05, 0) is 147 Å². The Morgan fingerprint density at radius 2 is 1.52 bits per heavy atom. The fraction of sp³-hybridized carbons (Fsp3) is 0.975. The van der Waals surface area contributed by atoms with Crippen LogP contribution < -0.4 is 0 Å². The lowest BCUT2D eigenvalue weighted by Gasteiger charge is -2.64. The second kappa shape index (κ2) is 12.6. The second-order valence-electron chi connectivity index (χ2n) is 19.6. The standard InChI is InChI=1S/C40H72O3Si/c1-27(2)14-12-15-28(3)32-16-17-33-31-24-29(26-40(20-13-21-40)36(41)42-9)35-25-30(43-44(10,11)37(4,5)6)18-22-39(35,8)34(31)19-23-38(32,33)7/h27-35H,12-26H2,1-11H3/t28-,29-,30+,31+,32-,33+,34+,35+,38-,39-/m1/s1. The van der Waals surface area contributed by atoms with Gasteiger partial charge in [0.05, 0.1) is 12.5 Å². The summed E-state index contributed by atoms with van der Waals surface area (Å²) in [6, 6.07) is 0. The lowest BCUT2D eigenvalue weighted by atomic mass is 9.41. The molecule has 0 heterocycles. The molecule has 4 heteroatoms. The summed E-state index contributed by atoms with van der Waals surface area (Å²) in [5, 5.41) is 0.241. The lowest BCUT2D eigenvalue weighted by molar-refractivity contribution is -0.174.